The molecule has 1 fully saturated rings. The fourth-order valence-electron chi connectivity index (χ4n) is 7.82. The summed E-state index contributed by atoms with van der Waals surface area (Å²) in [4.78, 5) is 16.0. The summed E-state index contributed by atoms with van der Waals surface area (Å²) >= 11 is 6.41. The molecule has 2 aromatic rings. The average Bonchev–Trinajstić information content (AvgIpc) is 3.11. The number of benzene rings is 2. The monoisotopic (exact) mass is 652 g/mol. The van der Waals surface area contributed by atoms with E-state index in [9.17, 15) is 18.3 Å². The lowest BCUT2D eigenvalue weighted by molar-refractivity contribution is 0.0456. The van der Waals surface area contributed by atoms with Crippen molar-refractivity contribution in [3.05, 3.63) is 81.9 Å². The van der Waals surface area contributed by atoms with Crippen molar-refractivity contribution in [3.8, 4) is 5.75 Å². The lowest BCUT2D eigenvalue weighted by Gasteiger charge is -2.45. The quantitative estimate of drug-likeness (QED) is 0.356. The van der Waals surface area contributed by atoms with Crippen molar-refractivity contribution in [1.82, 2.24) is 4.72 Å². The fraction of sp³-hybridized carbons (Fsp3) is 0.528. The Morgan fingerprint density at radius 3 is 2.78 bits per heavy atom. The largest absolute Gasteiger partial charge is 0.490 e. The van der Waals surface area contributed by atoms with Crippen LogP contribution in [0, 0.1) is 17.8 Å². The molecule has 2 aliphatic heterocycles. The number of aliphatic hydroxyl groups is 1. The molecule has 9 heteroatoms. The SMILES string of the molecule is CC(C)=CC[C@H]1[C@@H](C)C/C=C/[C@H](O)[C@@H]2CC[C@H]2CN2C[C@@]3(CCCc4cc(Cl)ccc43)COc3ccc(cc32)C(=O)NS1(=O)=O. The second-order valence-electron chi connectivity index (χ2n) is 14.0. The van der Waals surface area contributed by atoms with Crippen molar-refractivity contribution in [2.45, 2.75) is 82.5 Å². The molecule has 6 atom stereocenters. The summed E-state index contributed by atoms with van der Waals surface area (Å²) in [6.07, 6.45) is 10.8. The Kier molecular flexibility index (Phi) is 9.12. The Balaban J connectivity index is 1.41. The average molecular weight is 653 g/mol. The Morgan fingerprint density at radius 1 is 1.20 bits per heavy atom. The van der Waals surface area contributed by atoms with Crippen LogP contribution in [0.4, 0.5) is 5.69 Å². The molecule has 4 aliphatic rings. The number of nitrogens with zero attached hydrogens (tertiary/aromatic N) is 1. The standard InChI is InChI=1S/C36H45ClN2O5S/c1-23(2)9-16-34-24(3)6-4-8-32(40)29-13-10-27(29)20-39-21-36(17-5-7-25-18-28(37)12-14-30(25)36)22-44-33-15-11-26(19-31(33)39)35(41)38-45(34,42)43/h4,8-9,11-12,14-15,18-19,24,27,29,32,34,40H,5-7,10,13,16-17,20-22H2,1-3H3,(H,38,41)/b8-4+/t24-,27-,29+,32-,34-,36-/m0/s1. The zero-order valence-electron chi connectivity index (χ0n) is 26.5. The first-order valence-electron chi connectivity index (χ1n) is 16.3. The van der Waals surface area contributed by atoms with E-state index < -0.39 is 27.3 Å². The number of aryl methyl sites for hydroxylation is 1. The van der Waals surface area contributed by atoms with Crippen LogP contribution in [-0.4, -0.2) is 50.5 Å². The number of nitrogens with one attached hydrogen (secondary N) is 1. The van der Waals surface area contributed by atoms with Gasteiger partial charge in [0, 0.05) is 29.1 Å². The number of sulfonamides is 1. The van der Waals surface area contributed by atoms with Crippen molar-refractivity contribution in [1.29, 1.82) is 0 Å². The highest BCUT2D eigenvalue weighted by atomic mass is 35.5. The third-order valence-electron chi connectivity index (χ3n) is 10.5. The summed E-state index contributed by atoms with van der Waals surface area (Å²) in [6, 6.07) is 11.4. The number of aliphatic hydroxyl groups excluding tert-OH is 1. The molecule has 1 spiro atoms. The zero-order valence-corrected chi connectivity index (χ0v) is 28.0. The van der Waals surface area contributed by atoms with Crippen LogP contribution in [0.2, 0.25) is 5.02 Å². The Hall–Kier alpha value is -2.81. The first-order chi connectivity index (χ1) is 21.5. The van der Waals surface area contributed by atoms with Crippen molar-refractivity contribution in [3.63, 3.8) is 0 Å². The number of rotatable bonds is 2. The van der Waals surface area contributed by atoms with Gasteiger partial charge in [-0.15, -0.1) is 0 Å². The Bertz CT molecular complexity index is 1620. The molecule has 0 unspecified atom stereocenters. The van der Waals surface area contributed by atoms with E-state index in [0.717, 1.165) is 48.4 Å². The molecule has 0 radical (unpaired) electrons. The van der Waals surface area contributed by atoms with Crippen molar-refractivity contribution in [2.75, 3.05) is 24.6 Å². The summed E-state index contributed by atoms with van der Waals surface area (Å²) in [5, 5.41) is 11.2. The molecular formula is C36H45ClN2O5S. The minimum atomic E-state index is -4.01. The topological polar surface area (TPSA) is 95.9 Å². The van der Waals surface area contributed by atoms with Crippen LogP contribution in [0.15, 0.2) is 60.2 Å². The van der Waals surface area contributed by atoms with Crippen molar-refractivity contribution < 1.29 is 23.1 Å². The van der Waals surface area contributed by atoms with Gasteiger partial charge in [-0.3, -0.25) is 4.79 Å². The van der Waals surface area contributed by atoms with Crippen molar-refractivity contribution >= 4 is 33.2 Å². The number of halogens is 1. The van der Waals surface area contributed by atoms with Gasteiger partial charge < -0.3 is 14.7 Å². The van der Waals surface area contributed by atoms with Gasteiger partial charge in [0.25, 0.3) is 5.91 Å². The number of amides is 1. The summed E-state index contributed by atoms with van der Waals surface area (Å²) in [6.45, 7) is 7.66. The molecule has 45 heavy (non-hydrogen) atoms. The predicted octanol–water partition coefficient (Wildman–Crippen LogP) is 6.58. The summed E-state index contributed by atoms with van der Waals surface area (Å²) in [5.74, 6) is 0.166. The molecular weight excluding hydrogens is 608 g/mol. The Labute approximate surface area is 272 Å². The van der Waals surface area contributed by atoms with Gasteiger partial charge in [0.2, 0.25) is 10.0 Å². The molecule has 6 rings (SSSR count). The van der Waals surface area contributed by atoms with Gasteiger partial charge in [-0.1, -0.05) is 48.4 Å². The molecule has 2 bridgehead atoms. The van der Waals surface area contributed by atoms with Crippen LogP contribution in [0.5, 0.6) is 5.75 Å². The van der Waals surface area contributed by atoms with E-state index in [4.69, 9.17) is 16.3 Å². The van der Waals surface area contributed by atoms with E-state index in [1.165, 1.54) is 11.1 Å². The molecule has 7 nitrogen and oxygen atoms in total. The predicted molar refractivity (Wildman–Crippen MR) is 180 cm³/mol. The van der Waals surface area contributed by atoms with E-state index in [0.29, 0.717) is 38.3 Å². The van der Waals surface area contributed by atoms with Crippen LogP contribution in [0.1, 0.15) is 80.8 Å². The number of hydrogen-bond acceptors (Lipinski definition) is 6. The number of anilines is 1. The lowest BCUT2D eigenvalue weighted by atomic mass is 9.68. The molecule has 1 amide bonds. The molecule has 2 aliphatic carbocycles. The second kappa shape index (κ2) is 12.8. The highest BCUT2D eigenvalue weighted by Crippen LogP contribution is 2.46. The number of ether oxygens (including phenoxy) is 1. The summed E-state index contributed by atoms with van der Waals surface area (Å²) < 4.78 is 36.4. The van der Waals surface area contributed by atoms with Crippen LogP contribution in [0.3, 0.4) is 0 Å². The maximum Gasteiger partial charge on any atom is 0.264 e. The first-order valence-corrected chi connectivity index (χ1v) is 18.2. The maximum atomic E-state index is 13.7. The molecule has 2 N–H and O–H groups in total. The van der Waals surface area contributed by atoms with E-state index in [2.05, 4.69) is 21.8 Å². The van der Waals surface area contributed by atoms with E-state index >= 15 is 0 Å². The molecule has 0 saturated heterocycles. The van der Waals surface area contributed by atoms with Gasteiger partial charge >= 0.3 is 0 Å². The van der Waals surface area contributed by atoms with Gasteiger partial charge in [0.15, 0.2) is 0 Å². The number of carbonyl (C=O) groups is 1. The number of allylic oxidation sites excluding steroid dienone is 3. The summed E-state index contributed by atoms with van der Waals surface area (Å²) in [7, 11) is -4.01. The molecule has 1 saturated carbocycles. The number of carbonyl (C=O) groups excluding carboxylic acids is 1. The highest BCUT2D eigenvalue weighted by molar-refractivity contribution is 7.90. The van der Waals surface area contributed by atoms with Gasteiger partial charge in [0.1, 0.15) is 5.75 Å². The smallest absolute Gasteiger partial charge is 0.264 e. The molecule has 242 valence electrons. The fourth-order valence-corrected chi connectivity index (χ4v) is 9.61. The molecule has 0 aromatic heterocycles. The highest BCUT2D eigenvalue weighted by Gasteiger charge is 2.44. The third kappa shape index (κ3) is 6.56. The van der Waals surface area contributed by atoms with Crippen LogP contribution in [-0.2, 0) is 21.9 Å². The summed E-state index contributed by atoms with van der Waals surface area (Å²) in [5.41, 5.74) is 4.33. The van der Waals surface area contributed by atoms with Crippen LogP contribution >= 0.6 is 11.6 Å². The Morgan fingerprint density at radius 2 is 2.02 bits per heavy atom. The zero-order chi connectivity index (χ0) is 31.9. The first kappa shape index (κ1) is 32.1. The van der Waals surface area contributed by atoms with Crippen LogP contribution in [0.25, 0.3) is 0 Å². The van der Waals surface area contributed by atoms with Gasteiger partial charge in [-0.05, 0) is 118 Å². The van der Waals surface area contributed by atoms with Gasteiger partial charge in [-0.2, -0.15) is 0 Å². The molecule has 2 heterocycles. The van der Waals surface area contributed by atoms with Gasteiger partial charge in [-0.25, -0.2) is 13.1 Å². The van der Waals surface area contributed by atoms with E-state index in [-0.39, 0.29) is 28.7 Å². The number of fused-ring (bicyclic) bond motifs is 4. The van der Waals surface area contributed by atoms with Crippen LogP contribution < -0.4 is 14.4 Å². The third-order valence-corrected chi connectivity index (χ3v) is 12.7. The second-order valence-corrected chi connectivity index (χ2v) is 16.3. The maximum absolute atomic E-state index is 13.7. The molecule has 2 aromatic carbocycles. The van der Waals surface area contributed by atoms with E-state index in [1.807, 2.05) is 45.1 Å². The van der Waals surface area contributed by atoms with Crippen molar-refractivity contribution in [2.24, 2.45) is 17.8 Å². The minimum Gasteiger partial charge on any atom is -0.490 e. The van der Waals surface area contributed by atoms with E-state index in [1.54, 1.807) is 18.2 Å². The number of hydrogen-bond donors (Lipinski definition) is 2. The lowest BCUT2D eigenvalue weighted by Crippen LogP contribution is -2.49. The van der Waals surface area contributed by atoms with Gasteiger partial charge in [0.05, 0.1) is 23.6 Å². The minimum absolute atomic E-state index is 0.113. The normalized spacial score (nSPS) is 31.7.